The third kappa shape index (κ3) is 5.87. The van der Waals surface area contributed by atoms with E-state index in [4.69, 9.17) is 0 Å². The molecule has 1 aliphatic heterocycles. The fourth-order valence-corrected chi connectivity index (χ4v) is 4.96. The SMILES string of the molecule is O=C(CN1CCC(NS(=O)(=O)c2cccc(Br)c2)CC1)Nc1ccccc1. The Hall–Kier alpha value is -1.74. The van der Waals surface area contributed by atoms with Crippen molar-refractivity contribution < 1.29 is 13.2 Å². The summed E-state index contributed by atoms with van der Waals surface area (Å²) >= 11 is 3.30. The van der Waals surface area contributed by atoms with E-state index in [-0.39, 0.29) is 16.8 Å². The van der Waals surface area contributed by atoms with E-state index in [0.29, 0.717) is 32.5 Å². The van der Waals surface area contributed by atoms with Crippen LogP contribution in [-0.4, -0.2) is 44.9 Å². The quantitative estimate of drug-likeness (QED) is 0.707. The van der Waals surface area contributed by atoms with E-state index in [9.17, 15) is 13.2 Å². The summed E-state index contributed by atoms with van der Waals surface area (Å²) in [4.78, 5) is 14.4. The van der Waals surface area contributed by atoms with Crippen LogP contribution in [0, 0.1) is 0 Å². The van der Waals surface area contributed by atoms with Gasteiger partial charge in [-0.05, 0) is 43.2 Å². The number of nitrogens with one attached hydrogen (secondary N) is 2. The number of para-hydroxylation sites is 1. The normalized spacial score (nSPS) is 16.2. The highest BCUT2D eigenvalue weighted by molar-refractivity contribution is 9.10. The number of amides is 1. The molecule has 1 fully saturated rings. The molecule has 2 N–H and O–H groups in total. The number of carbonyl (C=O) groups is 1. The number of hydrogen-bond donors (Lipinski definition) is 2. The third-order valence-corrected chi connectivity index (χ3v) is 6.45. The molecule has 1 saturated heterocycles. The number of rotatable bonds is 6. The molecule has 0 radical (unpaired) electrons. The summed E-state index contributed by atoms with van der Waals surface area (Å²) in [5.74, 6) is -0.0608. The fraction of sp³-hybridized carbons (Fsp3) is 0.316. The van der Waals surface area contributed by atoms with Crippen LogP contribution in [0.1, 0.15) is 12.8 Å². The van der Waals surface area contributed by atoms with Crippen LogP contribution in [0.2, 0.25) is 0 Å². The van der Waals surface area contributed by atoms with Crippen LogP contribution in [0.5, 0.6) is 0 Å². The van der Waals surface area contributed by atoms with Gasteiger partial charge >= 0.3 is 0 Å². The van der Waals surface area contributed by atoms with E-state index in [2.05, 4.69) is 26.0 Å². The van der Waals surface area contributed by atoms with Crippen molar-refractivity contribution in [2.75, 3.05) is 25.0 Å². The van der Waals surface area contributed by atoms with E-state index in [1.807, 2.05) is 35.2 Å². The van der Waals surface area contributed by atoms with Gasteiger partial charge in [0.15, 0.2) is 0 Å². The number of piperidine rings is 1. The lowest BCUT2D eigenvalue weighted by Gasteiger charge is -2.31. The minimum absolute atomic E-state index is 0.0608. The Balaban J connectivity index is 1.48. The molecular formula is C19H22BrN3O3S. The molecule has 0 unspecified atom stereocenters. The van der Waals surface area contributed by atoms with Gasteiger partial charge < -0.3 is 5.32 Å². The van der Waals surface area contributed by atoms with Gasteiger partial charge in [0.1, 0.15) is 0 Å². The third-order valence-electron chi connectivity index (χ3n) is 4.44. The minimum atomic E-state index is -3.54. The molecular weight excluding hydrogens is 430 g/mol. The molecule has 144 valence electrons. The fourth-order valence-electron chi connectivity index (χ4n) is 3.06. The molecule has 1 heterocycles. The Morgan fingerprint density at radius 3 is 2.44 bits per heavy atom. The van der Waals surface area contributed by atoms with Crippen molar-refractivity contribution in [2.24, 2.45) is 0 Å². The first kappa shape index (κ1) is 20.0. The second-order valence-electron chi connectivity index (χ2n) is 6.54. The first-order valence-corrected chi connectivity index (χ1v) is 11.1. The maximum Gasteiger partial charge on any atom is 0.240 e. The molecule has 27 heavy (non-hydrogen) atoms. The first-order valence-electron chi connectivity index (χ1n) is 8.77. The lowest BCUT2D eigenvalue weighted by Crippen LogP contribution is -2.46. The molecule has 2 aromatic rings. The first-order chi connectivity index (χ1) is 12.9. The summed E-state index contributed by atoms with van der Waals surface area (Å²) in [6.45, 7) is 1.65. The van der Waals surface area contributed by atoms with Crippen LogP contribution in [0.15, 0.2) is 64.0 Å². The monoisotopic (exact) mass is 451 g/mol. The standard InChI is InChI=1S/C19H22BrN3O3S/c20-15-5-4-8-18(13-15)27(25,26)22-17-9-11-23(12-10-17)14-19(24)21-16-6-2-1-3-7-16/h1-8,13,17,22H,9-12,14H2,(H,21,24). The van der Waals surface area contributed by atoms with Gasteiger partial charge in [-0.25, -0.2) is 13.1 Å². The zero-order valence-corrected chi connectivity index (χ0v) is 17.2. The van der Waals surface area contributed by atoms with Crippen molar-refractivity contribution in [2.45, 2.75) is 23.8 Å². The summed E-state index contributed by atoms with van der Waals surface area (Å²) in [7, 11) is -3.54. The van der Waals surface area contributed by atoms with Gasteiger partial charge in [0.05, 0.1) is 11.4 Å². The molecule has 8 heteroatoms. The van der Waals surface area contributed by atoms with Crippen molar-refractivity contribution in [3.63, 3.8) is 0 Å². The van der Waals surface area contributed by atoms with Crippen LogP contribution in [-0.2, 0) is 14.8 Å². The van der Waals surface area contributed by atoms with E-state index in [1.165, 1.54) is 0 Å². The minimum Gasteiger partial charge on any atom is -0.325 e. The molecule has 2 aromatic carbocycles. The number of likely N-dealkylation sites (tertiary alicyclic amines) is 1. The summed E-state index contributed by atoms with van der Waals surface area (Å²) in [5, 5.41) is 2.87. The Bertz CT molecular complexity index is 882. The van der Waals surface area contributed by atoms with E-state index >= 15 is 0 Å². The smallest absolute Gasteiger partial charge is 0.240 e. The number of carbonyl (C=O) groups excluding carboxylic acids is 1. The molecule has 0 aromatic heterocycles. The number of nitrogens with zero attached hydrogens (tertiary/aromatic N) is 1. The highest BCUT2D eigenvalue weighted by Gasteiger charge is 2.25. The lowest BCUT2D eigenvalue weighted by molar-refractivity contribution is -0.117. The van der Waals surface area contributed by atoms with E-state index in [1.54, 1.807) is 24.3 Å². The van der Waals surface area contributed by atoms with Crippen molar-refractivity contribution in [3.8, 4) is 0 Å². The topological polar surface area (TPSA) is 78.5 Å². The summed E-state index contributed by atoms with van der Waals surface area (Å²) in [6, 6.07) is 15.9. The zero-order chi connectivity index (χ0) is 19.3. The largest absolute Gasteiger partial charge is 0.325 e. The average molecular weight is 452 g/mol. The number of sulfonamides is 1. The highest BCUT2D eigenvalue weighted by atomic mass is 79.9. The van der Waals surface area contributed by atoms with Crippen LogP contribution in [0.3, 0.4) is 0 Å². The average Bonchev–Trinajstić information content (AvgIpc) is 2.64. The second-order valence-corrected chi connectivity index (χ2v) is 9.17. The lowest BCUT2D eigenvalue weighted by atomic mass is 10.1. The van der Waals surface area contributed by atoms with E-state index < -0.39 is 10.0 Å². The Labute approximate surface area is 168 Å². The van der Waals surface area contributed by atoms with Gasteiger partial charge in [-0.2, -0.15) is 0 Å². The predicted octanol–water partition coefficient (Wildman–Crippen LogP) is 2.83. The van der Waals surface area contributed by atoms with Crippen molar-refractivity contribution in [1.82, 2.24) is 9.62 Å². The van der Waals surface area contributed by atoms with Gasteiger partial charge in [-0.1, -0.05) is 40.2 Å². The Morgan fingerprint density at radius 2 is 1.78 bits per heavy atom. The van der Waals surface area contributed by atoms with E-state index in [0.717, 1.165) is 10.2 Å². The van der Waals surface area contributed by atoms with Gasteiger partial charge in [0.25, 0.3) is 0 Å². The van der Waals surface area contributed by atoms with Crippen LogP contribution in [0.4, 0.5) is 5.69 Å². The maximum atomic E-state index is 12.5. The maximum absolute atomic E-state index is 12.5. The van der Waals surface area contributed by atoms with Crippen molar-refractivity contribution >= 4 is 37.5 Å². The molecule has 1 amide bonds. The second kappa shape index (κ2) is 8.97. The van der Waals surface area contributed by atoms with Crippen molar-refractivity contribution in [3.05, 3.63) is 59.1 Å². The summed E-state index contributed by atoms with van der Waals surface area (Å²) < 4.78 is 28.5. The highest BCUT2D eigenvalue weighted by Crippen LogP contribution is 2.18. The van der Waals surface area contributed by atoms with Gasteiger partial charge in [-0.3, -0.25) is 9.69 Å². The molecule has 0 aliphatic carbocycles. The number of anilines is 1. The van der Waals surface area contributed by atoms with Gasteiger partial charge in [-0.15, -0.1) is 0 Å². The Kier molecular flexibility index (Phi) is 6.64. The Morgan fingerprint density at radius 1 is 1.07 bits per heavy atom. The van der Waals surface area contributed by atoms with Crippen molar-refractivity contribution in [1.29, 1.82) is 0 Å². The summed E-state index contributed by atoms with van der Waals surface area (Å²) in [6.07, 6.45) is 1.34. The predicted molar refractivity (Wildman–Crippen MR) is 109 cm³/mol. The molecule has 0 spiro atoms. The summed E-state index contributed by atoms with van der Waals surface area (Å²) in [5.41, 5.74) is 0.777. The van der Waals surface area contributed by atoms with Crippen LogP contribution >= 0.6 is 15.9 Å². The molecule has 1 aliphatic rings. The zero-order valence-electron chi connectivity index (χ0n) is 14.8. The van der Waals surface area contributed by atoms with Gasteiger partial charge in [0.2, 0.25) is 15.9 Å². The number of benzene rings is 2. The van der Waals surface area contributed by atoms with Crippen LogP contribution < -0.4 is 10.0 Å². The molecule has 3 rings (SSSR count). The molecule has 0 bridgehead atoms. The molecule has 0 saturated carbocycles. The molecule has 0 atom stereocenters. The molecule has 6 nitrogen and oxygen atoms in total. The number of hydrogen-bond acceptors (Lipinski definition) is 4. The van der Waals surface area contributed by atoms with Gasteiger partial charge in [0, 0.05) is 29.3 Å². The van der Waals surface area contributed by atoms with Crippen LogP contribution in [0.25, 0.3) is 0 Å². The number of halogens is 1.